The fourth-order valence-corrected chi connectivity index (χ4v) is 1.18. The Hall–Kier alpha value is 0.0700. The molecular weight excluding hydrogens is 265 g/mol. The first-order valence-electron chi connectivity index (χ1n) is 3.92. The van der Waals surface area contributed by atoms with Crippen molar-refractivity contribution in [3.8, 4) is 0 Å². The fraction of sp³-hybridized carbons (Fsp3) is 0.667. The van der Waals surface area contributed by atoms with Gasteiger partial charge in [0.15, 0.2) is 10.5 Å². The van der Waals surface area contributed by atoms with Crippen molar-refractivity contribution in [2.45, 2.75) is 19.2 Å². The van der Waals surface area contributed by atoms with Crippen molar-refractivity contribution in [2.75, 3.05) is 7.05 Å². The third kappa shape index (κ3) is 7.36. The zero-order valence-corrected chi connectivity index (χ0v) is 13.1. The van der Waals surface area contributed by atoms with Gasteiger partial charge in [-0.15, -0.1) is 0 Å². The smallest absolute Gasteiger partial charge is 0.343 e. The molecule has 0 rings (SSSR count). The van der Waals surface area contributed by atoms with E-state index in [4.69, 9.17) is 16.8 Å². The van der Waals surface area contributed by atoms with Gasteiger partial charge in [-0.3, -0.25) is 19.8 Å². The number of rotatable bonds is 2. The van der Waals surface area contributed by atoms with Gasteiger partial charge in [0.1, 0.15) is 0 Å². The van der Waals surface area contributed by atoms with Crippen molar-refractivity contribution in [1.82, 2.24) is 15.8 Å². The van der Waals surface area contributed by atoms with Gasteiger partial charge in [0.2, 0.25) is 5.91 Å². The summed E-state index contributed by atoms with van der Waals surface area (Å²) >= 11 is 4.70. The Balaban J connectivity index is 0. The van der Waals surface area contributed by atoms with Gasteiger partial charge in [-0.25, -0.2) is 0 Å². The average Bonchev–Trinajstić information content (AvgIpc) is 2.01. The zero-order valence-electron chi connectivity index (χ0n) is 9.51. The summed E-state index contributed by atoms with van der Waals surface area (Å²) in [5.74, 6) is -0.293. The number of nitrogens with one attached hydrogen (secondary N) is 2. The monoisotopic (exact) mass is 278 g/mol. The molecule has 0 saturated heterocycles. The molecule has 3 N–H and O–H groups in total. The van der Waals surface area contributed by atoms with E-state index < -0.39 is 15.5 Å². The van der Waals surface area contributed by atoms with Crippen molar-refractivity contribution in [1.29, 1.82) is 0 Å². The van der Waals surface area contributed by atoms with Gasteiger partial charge in [0.25, 0.3) is 10.1 Å². The molecule has 0 radical (unpaired) electrons. The molecule has 0 aliphatic carbocycles. The summed E-state index contributed by atoms with van der Waals surface area (Å²) in [6, 6.07) is 0. The minimum absolute atomic E-state index is 0. The van der Waals surface area contributed by atoms with Crippen LogP contribution < -0.4 is 40.3 Å². The predicted molar refractivity (Wildman–Crippen MR) is 58.3 cm³/mol. The Kier molecular flexibility index (Phi) is 8.53. The van der Waals surface area contributed by atoms with Gasteiger partial charge < -0.3 is 5.32 Å². The molecule has 0 fully saturated rings. The molecule has 0 heterocycles. The molecule has 1 atom stereocenters. The molecule has 7 nitrogen and oxygen atoms in total. The summed E-state index contributed by atoms with van der Waals surface area (Å²) < 4.78 is 29.8. The molecular formula is C6H13N3NaO4S2+. The summed E-state index contributed by atoms with van der Waals surface area (Å²) in [5, 5.41) is 2.06. The van der Waals surface area contributed by atoms with Crippen LogP contribution in [0.15, 0.2) is 0 Å². The Morgan fingerprint density at radius 2 is 1.94 bits per heavy atom. The second-order valence-corrected chi connectivity index (χ2v) is 4.97. The van der Waals surface area contributed by atoms with E-state index in [0.29, 0.717) is 0 Å². The number of hydrogen-bond acceptors (Lipinski definition) is 4. The van der Waals surface area contributed by atoms with Crippen LogP contribution >= 0.6 is 12.2 Å². The van der Waals surface area contributed by atoms with Gasteiger partial charge in [-0.2, -0.15) is 8.42 Å². The molecule has 0 aromatic rings. The van der Waals surface area contributed by atoms with Crippen LogP contribution in [0.2, 0.25) is 0 Å². The molecule has 0 bridgehead atoms. The van der Waals surface area contributed by atoms with Gasteiger partial charge in [-0.1, -0.05) is 0 Å². The summed E-state index contributed by atoms with van der Waals surface area (Å²) in [7, 11) is -2.77. The quantitative estimate of drug-likeness (QED) is 0.205. The van der Waals surface area contributed by atoms with E-state index in [2.05, 4.69) is 10.7 Å². The van der Waals surface area contributed by atoms with E-state index in [-0.39, 0.29) is 40.6 Å². The van der Waals surface area contributed by atoms with E-state index in [0.717, 1.165) is 5.01 Å². The van der Waals surface area contributed by atoms with E-state index >= 15 is 0 Å². The number of carbonyl (C=O) groups is 1. The second-order valence-electron chi connectivity index (χ2n) is 2.82. The summed E-state index contributed by atoms with van der Waals surface area (Å²) in [4.78, 5) is 10.8. The van der Waals surface area contributed by atoms with Crippen LogP contribution in [0.1, 0.15) is 13.8 Å². The summed E-state index contributed by atoms with van der Waals surface area (Å²) in [6.45, 7) is 2.53. The fourth-order valence-electron chi connectivity index (χ4n) is 0.522. The third-order valence-electron chi connectivity index (χ3n) is 1.52. The predicted octanol–water partition coefficient (Wildman–Crippen LogP) is -3.92. The molecule has 0 aliphatic rings. The number of hydrazine groups is 1. The Morgan fingerprint density at radius 1 is 1.50 bits per heavy atom. The SMILES string of the molecule is CC(=O)N(C)NC(=S)NC(C)S(=O)(=O)O.[Na+]. The Morgan fingerprint density at radius 3 is 2.25 bits per heavy atom. The van der Waals surface area contributed by atoms with E-state index in [1.165, 1.54) is 20.9 Å². The molecule has 10 heteroatoms. The summed E-state index contributed by atoms with van der Waals surface area (Å²) in [6.07, 6.45) is 0. The number of nitrogens with zero attached hydrogens (tertiary/aromatic N) is 1. The Bertz CT molecular complexity index is 359. The van der Waals surface area contributed by atoms with Crippen LogP contribution in [0, 0.1) is 0 Å². The first-order chi connectivity index (χ1) is 6.64. The van der Waals surface area contributed by atoms with Gasteiger partial charge >= 0.3 is 29.6 Å². The normalized spacial score (nSPS) is 12.0. The summed E-state index contributed by atoms with van der Waals surface area (Å²) in [5.41, 5.74) is 2.41. The van der Waals surface area contributed by atoms with Crippen molar-refractivity contribution < 1.29 is 47.3 Å². The van der Waals surface area contributed by atoms with Crippen LogP contribution in [0.25, 0.3) is 0 Å². The first-order valence-corrected chi connectivity index (χ1v) is 5.83. The minimum atomic E-state index is -4.20. The van der Waals surface area contributed by atoms with Crippen LogP contribution in [0.3, 0.4) is 0 Å². The minimum Gasteiger partial charge on any atom is -0.343 e. The topological polar surface area (TPSA) is 98.7 Å². The number of amides is 1. The van der Waals surface area contributed by atoms with Gasteiger partial charge in [0, 0.05) is 14.0 Å². The van der Waals surface area contributed by atoms with E-state index in [9.17, 15) is 13.2 Å². The third-order valence-corrected chi connectivity index (χ3v) is 2.74. The van der Waals surface area contributed by atoms with E-state index in [1.807, 2.05) is 0 Å². The number of thiocarbonyl (C=S) groups is 1. The molecule has 0 aromatic heterocycles. The Labute approximate surface area is 122 Å². The molecule has 0 spiro atoms. The molecule has 88 valence electrons. The van der Waals surface area contributed by atoms with Crippen LogP contribution in [0.4, 0.5) is 0 Å². The zero-order chi connectivity index (χ0) is 12.2. The molecule has 1 unspecified atom stereocenters. The standard InChI is InChI=1S/C6H13N3O4S2.Na/c1-4(15(11,12)13)7-6(14)8-9(3)5(2)10;/h4H,1-3H3,(H2,7,8,14)(H,11,12,13);/q;+1. The first kappa shape index (κ1) is 18.4. The molecule has 0 saturated carbocycles. The second kappa shape index (κ2) is 7.41. The van der Waals surface area contributed by atoms with Crippen LogP contribution in [0.5, 0.6) is 0 Å². The molecule has 16 heavy (non-hydrogen) atoms. The number of carbonyl (C=O) groups excluding carboxylic acids is 1. The molecule has 0 aliphatic heterocycles. The number of hydrogen-bond donors (Lipinski definition) is 3. The van der Waals surface area contributed by atoms with Gasteiger partial charge in [-0.05, 0) is 19.1 Å². The van der Waals surface area contributed by atoms with Crippen molar-refractivity contribution in [3.05, 3.63) is 0 Å². The van der Waals surface area contributed by atoms with Crippen molar-refractivity contribution in [3.63, 3.8) is 0 Å². The average molecular weight is 278 g/mol. The van der Waals surface area contributed by atoms with E-state index in [1.54, 1.807) is 0 Å². The van der Waals surface area contributed by atoms with Crippen LogP contribution in [-0.2, 0) is 14.9 Å². The maximum Gasteiger partial charge on any atom is 1.00 e. The van der Waals surface area contributed by atoms with Gasteiger partial charge in [0.05, 0.1) is 0 Å². The molecule has 0 aromatic carbocycles. The maximum atomic E-state index is 10.8. The largest absolute Gasteiger partial charge is 1.00 e. The van der Waals surface area contributed by atoms with Crippen molar-refractivity contribution in [2.24, 2.45) is 0 Å². The molecule has 1 amide bonds. The van der Waals surface area contributed by atoms with Crippen molar-refractivity contribution >= 4 is 33.4 Å². The maximum absolute atomic E-state index is 10.8. The van der Waals surface area contributed by atoms with Crippen LogP contribution in [-0.4, -0.2) is 41.4 Å².